The number of hydrogen-bond acceptors (Lipinski definition) is 4. The summed E-state index contributed by atoms with van der Waals surface area (Å²) in [5.41, 5.74) is 3.64. The highest BCUT2D eigenvalue weighted by atomic mass is 16.2. The van der Waals surface area contributed by atoms with E-state index in [0.717, 1.165) is 35.3 Å². The Morgan fingerprint density at radius 2 is 1.81 bits per heavy atom. The SMILES string of the molecule is CCc1ccccc1NC(=O)CCn1nc(C(=O)N2c3ccccc3CC2C)ccc1=O. The van der Waals surface area contributed by atoms with Crippen LogP contribution in [0, 0.1) is 0 Å². The molecule has 32 heavy (non-hydrogen) atoms. The van der Waals surface area contributed by atoms with Crippen molar-refractivity contribution in [1.29, 1.82) is 0 Å². The first kappa shape index (κ1) is 21.5. The molecule has 1 aliphatic rings. The topological polar surface area (TPSA) is 84.3 Å². The summed E-state index contributed by atoms with van der Waals surface area (Å²) < 4.78 is 1.19. The molecule has 1 N–H and O–H groups in total. The van der Waals surface area contributed by atoms with E-state index in [1.165, 1.54) is 16.8 Å². The molecule has 0 bridgehead atoms. The molecular weight excluding hydrogens is 404 g/mol. The highest BCUT2D eigenvalue weighted by Gasteiger charge is 2.32. The number of fused-ring (bicyclic) bond motifs is 1. The third-order valence-corrected chi connectivity index (χ3v) is 5.73. The smallest absolute Gasteiger partial charge is 0.278 e. The number of anilines is 2. The quantitative estimate of drug-likeness (QED) is 0.649. The standard InChI is InChI=1S/C25H26N4O3/c1-3-18-8-4-6-10-20(18)26-23(30)14-15-28-24(31)13-12-21(27-28)25(32)29-17(2)16-19-9-5-7-11-22(19)29/h4-13,17H,3,14-16H2,1-2H3,(H,26,30). The van der Waals surface area contributed by atoms with Gasteiger partial charge in [0.05, 0.1) is 6.54 Å². The Bertz CT molecular complexity index is 1220. The fraction of sp³-hybridized carbons (Fsp3) is 0.280. The highest BCUT2D eigenvalue weighted by molar-refractivity contribution is 6.06. The number of benzene rings is 2. The molecule has 4 rings (SSSR count). The van der Waals surface area contributed by atoms with Crippen LogP contribution >= 0.6 is 0 Å². The van der Waals surface area contributed by atoms with E-state index in [4.69, 9.17) is 0 Å². The molecule has 0 radical (unpaired) electrons. The molecule has 0 saturated heterocycles. The van der Waals surface area contributed by atoms with Crippen LogP contribution in [-0.2, 0) is 24.2 Å². The maximum absolute atomic E-state index is 13.2. The second kappa shape index (κ2) is 9.18. The second-order valence-corrected chi connectivity index (χ2v) is 7.95. The third kappa shape index (κ3) is 4.32. The van der Waals surface area contributed by atoms with E-state index in [-0.39, 0.29) is 42.1 Å². The molecule has 7 heteroatoms. The van der Waals surface area contributed by atoms with Gasteiger partial charge in [0.2, 0.25) is 5.91 Å². The molecule has 0 aliphatic carbocycles. The van der Waals surface area contributed by atoms with Gasteiger partial charge in [0, 0.05) is 29.9 Å². The van der Waals surface area contributed by atoms with Gasteiger partial charge in [-0.05, 0) is 49.1 Å². The Balaban J connectivity index is 1.48. The molecule has 164 valence electrons. The molecule has 2 aromatic carbocycles. The van der Waals surface area contributed by atoms with Crippen LogP contribution < -0.4 is 15.8 Å². The van der Waals surface area contributed by atoms with Crippen molar-refractivity contribution in [3.8, 4) is 0 Å². The van der Waals surface area contributed by atoms with E-state index in [2.05, 4.69) is 10.4 Å². The van der Waals surface area contributed by atoms with Crippen molar-refractivity contribution in [1.82, 2.24) is 9.78 Å². The molecular formula is C25H26N4O3. The number of para-hydroxylation sites is 2. The molecule has 1 aliphatic heterocycles. The lowest BCUT2D eigenvalue weighted by atomic mass is 10.1. The first-order valence-electron chi connectivity index (χ1n) is 10.8. The average molecular weight is 431 g/mol. The van der Waals surface area contributed by atoms with E-state index in [1.54, 1.807) is 4.90 Å². The molecule has 1 atom stereocenters. The molecule has 2 amide bonds. The molecule has 0 saturated carbocycles. The number of aryl methyl sites for hydroxylation is 2. The van der Waals surface area contributed by atoms with Gasteiger partial charge in [-0.2, -0.15) is 5.10 Å². The largest absolute Gasteiger partial charge is 0.326 e. The van der Waals surface area contributed by atoms with Crippen LogP contribution in [0.25, 0.3) is 0 Å². The van der Waals surface area contributed by atoms with Crippen LogP contribution in [0.3, 0.4) is 0 Å². The number of amides is 2. The van der Waals surface area contributed by atoms with E-state index in [9.17, 15) is 14.4 Å². The summed E-state index contributed by atoms with van der Waals surface area (Å²) in [6.45, 7) is 4.11. The summed E-state index contributed by atoms with van der Waals surface area (Å²) in [5, 5.41) is 7.16. The number of carbonyl (C=O) groups excluding carboxylic acids is 2. The zero-order valence-corrected chi connectivity index (χ0v) is 18.2. The number of aromatic nitrogens is 2. The molecule has 7 nitrogen and oxygen atoms in total. The lowest BCUT2D eigenvalue weighted by molar-refractivity contribution is -0.116. The predicted molar refractivity (Wildman–Crippen MR) is 124 cm³/mol. The van der Waals surface area contributed by atoms with Crippen molar-refractivity contribution in [2.45, 2.75) is 45.7 Å². The van der Waals surface area contributed by atoms with Gasteiger partial charge in [0.25, 0.3) is 11.5 Å². The van der Waals surface area contributed by atoms with Crippen molar-refractivity contribution in [3.05, 3.63) is 87.8 Å². The summed E-state index contributed by atoms with van der Waals surface area (Å²) >= 11 is 0. The monoisotopic (exact) mass is 430 g/mol. The number of carbonyl (C=O) groups is 2. The van der Waals surface area contributed by atoms with Crippen molar-refractivity contribution in [2.75, 3.05) is 10.2 Å². The Kier molecular flexibility index (Phi) is 6.16. The lowest BCUT2D eigenvalue weighted by Gasteiger charge is -2.22. The van der Waals surface area contributed by atoms with Crippen LogP contribution in [0.1, 0.15) is 41.9 Å². The van der Waals surface area contributed by atoms with Gasteiger partial charge in [-0.1, -0.05) is 43.3 Å². The summed E-state index contributed by atoms with van der Waals surface area (Å²) in [6.07, 6.45) is 1.66. The van der Waals surface area contributed by atoms with E-state index in [1.807, 2.05) is 62.4 Å². The average Bonchev–Trinajstić information content (AvgIpc) is 3.14. The number of nitrogens with one attached hydrogen (secondary N) is 1. The fourth-order valence-electron chi connectivity index (χ4n) is 4.09. The molecule has 1 aromatic heterocycles. The lowest BCUT2D eigenvalue weighted by Crippen LogP contribution is -2.37. The highest BCUT2D eigenvalue weighted by Crippen LogP contribution is 2.32. The minimum atomic E-state index is -0.349. The first-order valence-corrected chi connectivity index (χ1v) is 10.8. The van der Waals surface area contributed by atoms with Crippen LogP contribution in [0.2, 0.25) is 0 Å². The summed E-state index contributed by atoms with van der Waals surface area (Å²) in [7, 11) is 0. The Hall–Kier alpha value is -3.74. The maximum Gasteiger partial charge on any atom is 0.278 e. The zero-order chi connectivity index (χ0) is 22.7. The Labute approximate surface area is 186 Å². The number of nitrogens with zero attached hydrogens (tertiary/aromatic N) is 3. The zero-order valence-electron chi connectivity index (χ0n) is 18.2. The van der Waals surface area contributed by atoms with Crippen molar-refractivity contribution >= 4 is 23.2 Å². The Morgan fingerprint density at radius 1 is 1.06 bits per heavy atom. The number of rotatable bonds is 6. The van der Waals surface area contributed by atoms with Crippen LogP contribution in [0.15, 0.2) is 65.5 Å². The van der Waals surface area contributed by atoms with Crippen molar-refractivity contribution in [2.24, 2.45) is 0 Å². The normalized spacial score (nSPS) is 14.8. The molecule has 1 unspecified atom stereocenters. The van der Waals surface area contributed by atoms with Crippen LogP contribution in [0.4, 0.5) is 11.4 Å². The van der Waals surface area contributed by atoms with Gasteiger partial charge in [0.15, 0.2) is 0 Å². The Morgan fingerprint density at radius 3 is 2.62 bits per heavy atom. The van der Waals surface area contributed by atoms with Gasteiger partial charge in [-0.25, -0.2) is 4.68 Å². The molecule has 3 aromatic rings. The van der Waals surface area contributed by atoms with Crippen LogP contribution in [-0.4, -0.2) is 27.6 Å². The van der Waals surface area contributed by atoms with Gasteiger partial charge in [-0.3, -0.25) is 14.4 Å². The van der Waals surface area contributed by atoms with Crippen LogP contribution in [0.5, 0.6) is 0 Å². The van der Waals surface area contributed by atoms with Crippen molar-refractivity contribution < 1.29 is 9.59 Å². The van der Waals surface area contributed by atoms with E-state index < -0.39 is 0 Å². The minimum Gasteiger partial charge on any atom is -0.326 e. The summed E-state index contributed by atoms with van der Waals surface area (Å²) in [6, 6.07) is 18.2. The molecule has 2 heterocycles. The van der Waals surface area contributed by atoms with Gasteiger partial charge < -0.3 is 10.2 Å². The molecule has 0 spiro atoms. The maximum atomic E-state index is 13.2. The van der Waals surface area contributed by atoms with E-state index >= 15 is 0 Å². The number of hydrogen-bond donors (Lipinski definition) is 1. The third-order valence-electron chi connectivity index (χ3n) is 5.73. The first-order chi connectivity index (χ1) is 15.5. The van der Waals surface area contributed by atoms with E-state index in [0.29, 0.717) is 0 Å². The van der Waals surface area contributed by atoms with Crippen molar-refractivity contribution in [3.63, 3.8) is 0 Å². The van der Waals surface area contributed by atoms with Gasteiger partial charge in [0.1, 0.15) is 5.69 Å². The van der Waals surface area contributed by atoms with Gasteiger partial charge >= 0.3 is 0 Å². The molecule has 0 fully saturated rings. The summed E-state index contributed by atoms with van der Waals surface area (Å²) in [4.78, 5) is 39.7. The van der Waals surface area contributed by atoms with Gasteiger partial charge in [-0.15, -0.1) is 0 Å². The second-order valence-electron chi connectivity index (χ2n) is 7.95. The summed E-state index contributed by atoms with van der Waals surface area (Å²) in [5.74, 6) is -0.462. The minimum absolute atomic E-state index is 0.00601. The fourth-order valence-corrected chi connectivity index (χ4v) is 4.09. The predicted octanol–water partition coefficient (Wildman–Crippen LogP) is 3.43.